The molecule has 0 unspecified atom stereocenters. The summed E-state index contributed by atoms with van der Waals surface area (Å²) >= 11 is 0. The Balaban J connectivity index is 2.16. The molecule has 1 fully saturated rings. The number of aromatic hydroxyl groups is 1. The van der Waals surface area contributed by atoms with Crippen LogP contribution in [0.15, 0.2) is 29.3 Å². The van der Waals surface area contributed by atoms with E-state index in [-0.39, 0.29) is 0 Å². The number of phenolic OH excluding ortho intramolecular Hbond substituents is 1. The van der Waals surface area contributed by atoms with Crippen LogP contribution in [0.1, 0.15) is 30.7 Å². The van der Waals surface area contributed by atoms with E-state index in [1.807, 2.05) is 25.4 Å². The zero-order valence-corrected chi connectivity index (χ0v) is 9.06. The highest BCUT2D eigenvalue weighted by Gasteiger charge is 2.31. The van der Waals surface area contributed by atoms with Crippen molar-refractivity contribution in [1.82, 2.24) is 0 Å². The molecule has 0 heterocycles. The average molecular weight is 203 g/mol. The Hall–Kier alpha value is -1.31. The van der Waals surface area contributed by atoms with Gasteiger partial charge in [0.15, 0.2) is 0 Å². The van der Waals surface area contributed by atoms with Gasteiger partial charge in [0.2, 0.25) is 0 Å². The van der Waals surface area contributed by atoms with Crippen molar-refractivity contribution in [2.24, 2.45) is 10.9 Å². The van der Waals surface area contributed by atoms with E-state index in [1.165, 1.54) is 18.4 Å². The van der Waals surface area contributed by atoms with E-state index in [4.69, 9.17) is 0 Å². The van der Waals surface area contributed by atoms with Crippen molar-refractivity contribution in [3.05, 3.63) is 29.8 Å². The van der Waals surface area contributed by atoms with Crippen LogP contribution in [0.4, 0.5) is 0 Å². The highest BCUT2D eigenvalue weighted by atomic mass is 16.3. The van der Waals surface area contributed by atoms with E-state index < -0.39 is 0 Å². The largest absolute Gasteiger partial charge is 0.508 e. The maximum Gasteiger partial charge on any atom is 0.115 e. The van der Waals surface area contributed by atoms with Gasteiger partial charge in [-0.3, -0.25) is 0 Å². The molecule has 1 saturated carbocycles. The van der Waals surface area contributed by atoms with Gasteiger partial charge in [-0.05, 0) is 55.0 Å². The molecule has 2 nitrogen and oxygen atoms in total. The second kappa shape index (κ2) is 4.47. The average Bonchev–Trinajstić information content (AvgIpc) is 3.03. The minimum absolute atomic E-state index is 0.367. The standard InChI is InChI=1S/C13H17NO/c1-14-8-7-13(10-5-6-10)11-3-2-4-12(15)9-11/h2-4,8-10,13,15H,5-7H2,1H3/t13-/m0/s1. The molecule has 0 spiro atoms. The van der Waals surface area contributed by atoms with Crippen LogP contribution in [0.2, 0.25) is 0 Å². The second-order valence-electron chi connectivity index (χ2n) is 4.22. The first-order valence-corrected chi connectivity index (χ1v) is 5.51. The normalized spacial score (nSPS) is 18.2. The van der Waals surface area contributed by atoms with Crippen LogP contribution >= 0.6 is 0 Å². The zero-order chi connectivity index (χ0) is 10.7. The summed E-state index contributed by atoms with van der Waals surface area (Å²) in [5, 5.41) is 9.46. The summed E-state index contributed by atoms with van der Waals surface area (Å²) in [7, 11) is 1.81. The lowest BCUT2D eigenvalue weighted by Gasteiger charge is -2.14. The van der Waals surface area contributed by atoms with Crippen molar-refractivity contribution in [2.75, 3.05) is 7.05 Å². The van der Waals surface area contributed by atoms with Gasteiger partial charge < -0.3 is 10.1 Å². The first-order valence-electron chi connectivity index (χ1n) is 5.51. The smallest absolute Gasteiger partial charge is 0.115 e. The Morgan fingerprint density at radius 2 is 2.33 bits per heavy atom. The first kappa shape index (κ1) is 10.2. The van der Waals surface area contributed by atoms with E-state index in [1.54, 1.807) is 6.07 Å². The predicted molar refractivity (Wildman–Crippen MR) is 62.6 cm³/mol. The lowest BCUT2D eigenvalue weighted by molar-refractivity contribution is 0.473. The first-order chi connectivity index (χ1) is 7.31. The SMILES string of the molecule is CN=CC[C@H](c1cccc(O)c1)C1CC1. The van der Waals surface area contributed by atoms with Gasteiger partial charge in [0, 0.05) is 7.05 Å². The third-order valence-electron chi connectivity index (χ3n) is 3.03. The molecule has 0 bridgehead atoms. The molecule has 1 aliphatic carbocycles. The maximum atomic E-state index is 9.46. The van der Waals surface area contributed by atoms with E-state index in [9.17, 15) is 5.11 Å². The van der Waals surface area contributed by atoms with Crippen molar-refractivity contribution in [1.29, 1.82) is 0 Å². The monoisotopic (exact) mass is 203 g/mol. The molecular weight excluding hydrogens is 186 g/mol. The second-order valence-corrected chi connectivity index (χ2v) is 4.22. The van der Waals surface area contributed by atoms with Gasteiger partial charge in [0.1, 0.15) is 5.75 Å². The van der Waals surface area contributed by atoms with Crippen molar-refractivity contribution >= 4 is 6.21 Å². The van der Waals surface area contributed by atoms with E-state index in [0.29, 0.717) is 11.7 Å². The topological polar surface area (TPSA) is 32.6 Å². The summed E-state index contributed by atoms with van der Waals surface area (Å²) in [6.45, 7) is 0. The molecule has 0 radical (unpaired) electrons. The Morgan fingerprint density at radius 3 is 2.93 bits per heavy atom. The van der Waals surface area contributed by atoms with Gasteiger partial charge in [0.25, 0.3) is 0 Å². The summed E-state index contributed by atoms with van der Waals surface area (Å²) in [5.74, 6) is 1.71. The minimum Gasteiger partial charge on any atom is -0.508 e. The molecule has 15 heavy (non-hydrogen) atoms. The van der Waals surface area contributed by atoms with Crippen LogP contribution in [0.5, 0.6) is 5.75 Å². The van der Waals surface area contributed by atoms with Crippen molar-refractivity contribution in [3.8, 4) is 5.75 Å². The molecule has 1 aromatic rings. The fourth-order valence-electron chi connectivity index (χ4n) is 2.07. The molecule has 0 aliphatic heterocycles. The molecule has 2 rings (SSSR count). The molecular formula is C13H17NO. The summed E-state index contributed by atoms with van der Waals surface area (Å²) < 4.78 is 0. The Labute approximate surface area is 90.7 Å². The third-order valence-corrected chi connectivity index (χ3v) is 3.03. The van der Waals surface area contributed by atoms with Crippen LogP contribution in [0, 0.1) is 5.92 Å². The fraction of sp³-hybridized carbons (Fsp3) is 0.462. The Morgan fingerprint density at radius 1 is 1.53 bits per heavy atom. The highest BCUT2D eigenvalue weighted by molar-refractivity contribution is 5.59. The molecule has 0 saturated heterocycles. The summed E-state index contributed by atoms with van der Waals surface area (Å²) in [6, 6.07) is 7.63. The molecule has 0 aromatic heterocycles. The number of aliphatic imine (C=N–C) groups is 1. The molecule has 1 atom stereocenters. The predicted octanol–water partition coefficient (Wildman–Crippen LogP) is 2.98. The van der Waals surface area contributed by atoms with Crippen molar-refractivity contribution < 1.29 is 5.11 Å². The number of nitrogens with zero attached hydrogens (tertiary/aromatic N) is 1. The number of hydrogen-bond acceptors (Lipinski definition) is 2. The quantitative estimate of drug-likeness (QED) is 0.750. The lowest BCUT2D eigenvalue weighted by atomic mass is 9.91. The fourth-order valence-corrected chi connectivity index (χ4v) is 2.07. The van der Waals surface area contributed by atoms with Gasteiger partial charge in [-0.25, -0.2) is 0 Å². The molecule has 1 aliphatic rings. The summed E-state index contributed by atoms with van der Waals surface area (Å²) in [6.07, 6.45) is 5.60. The van der Waals surface area contributed by atoms with E-state index in [0.717, 1.165) is 12.3 Å². The van der Waals surface area contributed by atoms with Crippen LogP contribution in [0.25, 0.3) is 0 Å². The third kappa shape index (κ3) is 2.58. The molecule has 80 valence electrons. The molecule has 0 amide bonds. The van der Waals surface area contributed by atoms with Gasteiger partial charge in [-0.1, -0.05) is 12.1 Å². The lowest BCUT2D eigenvalue weighted by Crippen LogP contribution is -2.01. The van der Waals surface area contributed by atoms with Crippen molar-refractivity contribution in [3.63, 3.8) is 0 Å². The van der Waals surface area contributed by atoms with E-state index >= 15 is 0 Å². The molecule has 2 heteroatoms. The Bertz CT molecular complexity index is 355. The van der Waals surface area contributed by atoms with Crippen molar-refractivity contribution in [2.45, 2.75) is 25.2 Å². The van der Waals surface area contributed by atoms with E-state index in [2.05, 4.69) is 11.1 Å². The maximum absolute atomic E-state index is 9.46. The van der Waals surface area contributed by atoms with Gasteiger partial charge in [0.05, 0.1) is 0 Å². The van der Waals surface area contributed by atoms with Crippen LogP contribution in [-0.4, -0.2) is 18.4 Å². The zero-order valence-electron chi connectivity index (χ0n) is 9.06. The van der Waals surface area contributed by atoms with Gasteiger partial charge in [-0.15, -0.1) is 0 Å². The number of rotatable bonds is 4. The van der Waals surface area contributed by atoms with Crippen LogP contribution < -0.4 is 0 Å². The van der Waals surface area contributed by atoms with Gasteiger partial charge >= 0.3 is 0 Å². The van der Waals surface area contributed by atoms with Crippen LogP contribution in [0.3, 0.4) is 0 Å². The number of phenols is 1. The number of benzene rings is 1. The summed E-state index contributed by atoms with van der Waals surface area (Å²) in [5.41, 5.74) is 1.25. The van der Waals surface area contributed by atoms with Crippen LogP contribution in [-0.2, 0) is 0 Å². The highest BCUT2D eigenvalue weighted by Crippen LogP contribution is 2.44. The summed E-state index contributed by atoms with van der Waals surface area (Å²) in [4.78, 5) is 4.05. The van der Waals surface area contributed by atoms with Gasteiger partial charge in [-0.2, -0.15) is 0 Å². The minimum atomic E-state index is 0.367. The molecule has 1 N–H and O–H groups in total. The molecule has 1 aromatic carbocycles. The Kier molecular flexibility index (Phi) is 3.05. The number of hydrogen-bond donors (Lipinski definition) is 1.